The summed E-state index contributed by atoms with van der Waals surface area (Å²) >= 11 is 3.71. The number of nitrogens with one attached hydrogen (secondary N) is 3. The lowest BCUT2D eigenvalue weighted by atomic mass is 10.0. The molecular formula is C45H31N3OS2. The minimum atomic E-state index is -0.116. The van der Waals surface area contributed by atoms with Crippen LogP contribution < -0.4 is 16.0 Å². The first kappa shape index (κ1) is 29.4. The third-order valence-electron chi connectivity index (χ3n) is 10.4. The lowest BCUT2D eigenvalue weighted by Crippen LogP contribution is -2.54. The van der Waals surface area contributed by atoms with Crippen molar-refractivity contribution >= 4 is 85.0 Å². The average Bonchev–Trinajstić information content (AvgIpc) is 3.88. The number of furan rings is 1. The summed E-state index contributed by atoms with van der Waals surface area (Å²) in [6, 6.07) is 54.8. The van der Waals surface area contributed by atoms with E-state index in [9.17, 15) is 0 Å². The zero-order valence-electron chi connectivity index (χ0n) is 27.4. The zero-order chi connectivity index (χ0) is 33.5. The Morgan fingerprint density at radius 1 is 0.392 bits per heavy atom. The minimum absolute atomic E-state index is 0.0529. The van der Waals surface area contributed by atoms with Crippen LogP contribution in [0.4, 0.5) is 0 Å². The van der Waals surface area contributed by atoms with Gasteiger partial charge >= 0.3 is 0 Å². The third-order valence-corrected chi connectivity index (χ3v) is 12.8. The third kappa shape index (κ3) is 4.83. The highest BCUT2D eigenvalue weighted by Crippen LogP contribution is 2.42. The molecule has 4 heterocycles. The van der Waals surface area contributed by atoms with Crippen LogP contribution in [0.2, 0.25) is 0 Å². The maximum Gasteiger partial charge on any atom is 0.136 e. The summed E-state index contributed by atoms with van der Waals surface area (Å²) < 4.78 is 11.9. The van der Waals surface area contributed by atoms with Gasteiger partial charge in [-0.15, -0.1) is 22.7 Å². The molecule has 0 amide bonds. The van der Waals surface area contributed by atoms with Crippen LogP contribution in [0.25, 0.3) is 73.4 Å². The van der Waals surface area contributed by atoms with Crippen molar-refractivity contribution < 1.29 is 4.42 Å². The molecule has 3 unspecified atom stereocenters. The van der Waals surface area contributed by atoms with Crippen molar-refractivity contribution in [1.29, 1.82) is 0 Å². The predicted molar refractivity (Wildman–Crippen MR) is 215 cm³/mol. The Morgan fingerprint density at radius 2 is 0.980 bits per heavy atom. The Morgan fingerprint density at radius 3 is 1.78 bits per heavy atom. The van der Waals surface area contributed by atoms with Crippen LogP contribution >= 0.6 is 22.7 Å². The maximum atomic E-state index is 6.65. The van der Waals surface area contributed by atoms with Gasteiger partial charge in [-0.1, -0.05) is 109 Å². The SMILES string of the molecule is c1ccc(C2NC(c3ccc4c(c3)oc3cc(-c5cccc6c5sc5ccccc56)ccc34)NC(c3ccc4sc5ccccc5c4c3)N2)cc1. The van der Waals surface area contributed by atoms with Gasteiger partial charge in [0.2, 0.25) is 0 Å². The number of benzene rings is 7. The normalized spacial score (nSPS) is 18.2. The van der Waals surface area contributed by atoms with Gasteiger partial charge in [-0.3, -0.25) is 16.0 Å². The Labute approximate surface area is 302 Å². The molecule has 1 fully saturated rings. The summed E-state index contributed by atoms with van der Waals surface area (Å²) in [5.41, 5.74) is 7.75. The van der Waals surface area contributed by atoms with E-state index >= 15 is 0 Å². The molecule has 1 saturated heterocycles. The van der Waals surface area contributed by atoms with Gasteiger partial charge in [0.15, 0.2) is 0 Å². The van der Waals surface area contributed by atoms with Crippen molar-refractivity contribution in [2.24, 2.45) is 0 Å². The summed E-state index contributed by atoms with van der Waals surface area (Å²) in [6.45, 7) is 0. The van der Waals surface area contributed by atoms with Crippen molar-refractivity contribution in [3.63, 3.8) is 0 Å². The van der Waals surface area contributed by atoms with Crippen LogP contribution in [0.1, 0.15) is 35.2 Å². The highest BCUT2D eigenvalue weighted by Gasteiger charge is 2.30. The van der Waals surface area contributed by atoms with Crippen molar-refractivity contribution in [3.05, 3.63) is 168 Å². The van der Waals surface area contributed by atoms with Gasteiger partial charge in [0.05, 0.1) is 18.5 Å². The molecule has 1 aliphatic heterocycles. The second-order valence-electron chi connectivity index (χ2n) is 13.4. The van der Waals surface area contributed by atoms with Gasteiger partial charge in [0.1, 0.15) is 11.2 Å². The van der Waals surface area contributed by atoms with Crippen LogP contribution in [0, 0.1) is 0 Å². The van der Waals surface area contributed by atoms with E-state index in [2.05, 4.69) is 168 Å². The molecule has 4 nitrogen and oxygen atoms in total. The zero-order valence-corrected chi connectivity index (χ0v) is 29.0. The summed E-state index contributed by atoms with van der Waals surface area (Å²) in [4.78, 5) is 0. The number of rotatable bonds is 4. The minimum Gasteiger partial charge on any atom is -0.456 e. The summed E-state index contributed by atoms with van der Waals surface area (Å²) in [7, 11) is 0. The van der Waals surface area contributed by atoms with E-state index < -0.39 is 0 Å². The number of thiophene rings is 2. The van der Waals surface area contributed by atoms with E-state index in [0.29, 0.717) is 0 Å². The molecule has 1 aliphatic rings. The van der Waals surface area contributed by atoms with E-state index in [1.54, 1.807) is 0 Å². The predicted octanol–water partition coefficient (Wildman–Crippen LogP) is 12.2. The van der Waals surface area contributed by atoms with Crippen molar-refractivity contribution in [2.45, 2.75) is 18.5 Å². The molecule has 11 rings (SSSR count). The highest BCUT2D eigenvalue weighted by atomic mass is 32.1. The standard InChI is InChI=1S/C45H31N3OS2/c1-2-9-26(10-3-1)43-46-44(28-19-22-41-36(23-28)34-12-5-6-15-39(34)50-41)48-45(47-43)29-18-21-32-31-20-17-27(24-37(31)49-38(32)25-29)30-13-8-14-35-33-11-4-7-16-40(33)51-42(30)35/h1-25,43-48H. The average molecular weight is 694 g/mol. The Balaban J connectivity index is 0.975. The molecular weight excluding hydrogens is 663 g/mol. The molecule has 3 atom stereocenters. The van der Waals surface area contributed by atoms with Crippen LogP contribution in [0.5, 0.6) is 0 Å². The van der Waals surface area contributed by atoms with E-state index in [0.717, 1.165) is 27.5 Å². The lowest BCUT2D eigenvalue weighted by Gasteiger charge is -2.39. The first-order chi connectivity index (χ1) is 25.2. The first-order valence-corrected chi connectivity index (χ1v) is 19.0. The van der Waals surface area contributed by atoms with Crippen LogP contribution in [-0.4, -0.2) is 0 Å². The molecule has 0 aliphatic carbocycles. The number of hydrogen-bond acceptors (Lipinski definition) is 6. The molecule has 0 saturated carbocycles. The number of hydrogen-bond donors (Lipinski definition) is 3. The monoisotopic (exact) mass is 693 g/mol. The van der Waals surface area contributed by atoms with Gasteiger partial charge in [0, 0.05) is 51.1 Å². The van der Waals surface area contributed by atoms with Crippen LogP contribution in [0.3, 0.4) is 0 Å². The van der Waals surface area contributed by atoms with E-state index in [1.165, 1.54) is 62.6 Å². The van der Waals surface area contributed by atoms with E-state index in [4.69, 9.17) is 4.42 Å². The first-order valence-electron chi connectivity index (χ1n) is 17.3. The van der Waals surface area contributed by atoms with Crippen molar-refractivity contribution in [1.82, 2.24) is 16.0 Å². The molecule has 51 heavy (non-hydrogen) atoms. The van der Waals surface area contributed by atoms with E-state index in [1.807, 2.05) is 22.7 Å². The fraction of sp³-hybridized carbons (Fsp3) is 0.0667. The molecule has 0 spiro atoms. The summed E-state index contributed by atoms with van der Waals surface area (Å²) in [6.07, 6.45) is -0.243. The number of fused-ring (bicyclic) bond motifs is 9. The molecule has 10 aromatic rings. The van der Waals surface area contributed by atoms with Gasteiger partial charge in [-0.05, 0) is 70.3 Å². The highest BCUT2D eigenvalue weighted by molar-refractivity contribution is 7.26. The van der Waals surface area contributed by atoms with Gasteiger partial charge in [0.25, 0.3) is 0 Å². The molecule has 7 aromatic carbocycles. The quantitative estimate of drug-likeness (QED) is 0.172. The van der Waals surface area contributed by atoms with Gasteiger partial charge in [-0.2, -0.15) is 0 Å². The Kier molecular flexibility index (Phi) is 6.69. The largest absolute Gasteiger partial charge is 0.456 e. The summed E-state index contributed by atoms with van der Waals surface area (Å²) in [5.74, 6) is 0. The smallest absolute Gasteiger partial charge is 0.136 e. The van der Waals surface area contributed by atoms with Crippen molar-refractivity contribution in [2.75, 3.05) is 0 Å². The Hall–Kier alpha value is -5.34. The van der Waals surface area contributed by atoms with Crippen molar-refractivity contribution in [3.8, 4) is 11.1 Å². The molecule has 3 aromatic heterocycles. The topological polar surface area (TPSA) is 49.2 Å². The molecule has 3 N–H and O–H groups in total. The van der Waals surface area contributed by atoms with Gasteiger partial charge in [-0.25, -0.2) is 0 Å². The van der Waals surface area contributed by atoms with E-state index in [-0.39, 0.29) is 18.5 Å². The molecule has 0 radical (unpaired) electrons. The molecule has 6 heteroatoms. The molecule has 0 bridgehead atoms. The Bertz CT molecular complexity index is 2940. The second-order valence-corrected chi connectivity index (χ2v) is 15.5. The lowest BCUT2D eigenvalue weighted by molar-refractivity contribution is 0.203. The maximum absolute atomic E-state index is 6.65. The van der Waals surface area contributed by atoms with Crippen LogP contribution in [0.15, 0.2) is 156 Å². The van der Waals surface area contributed by atoms with Gasteiger partial charge < -0.3 is 4.42 Å². The second kappa shape index (κ2) is 11.6. The fourth-order valence-corrected chi connectivity index (χ4v) is 10.2. The van der Waals surface area contributed by atoms with Crippen LogP contribution in [-0.2, 0) is 0 Å². The summed E-state index contributed by atoms with van der Waals surface area (Å²) in [5, 5.41) is 19.1. The molecule has 244 valence electrons. The fourth-order valence-electron chi connectivity index (χ4n) is 7.91.